The minimum Gasteiger partial charge on any atom is -0.497 e. The standard InChI is InChI=1S/C24H29N3O2/c1-6-19-10-7-9-16(2)24(19)25-23(28)14-13-22-17(3)26-27(18(22)4)20-11-8-12-21(15-20)29-5/h7-12,15H,6,13-14H2,1-5H3,(H,25,28). The number of rotatable bonds is 7. The molecule has 0 bridgehead atoms. The summed E-state index contributed by atoms with van der Waals surface area (Å²) in [7, 11) is 1.66. The van der Waals surface area contributed by atoms with E-state index in [-0.39, 0.29) is 5.91 Å². The Morgan fingerprint density at radius 1 is 1.14 bits per heavy atom. The van der Waals surface area contributed by atoms with Crippen molar-refractivity contribution in [3.63, 3.8) is 0 Å². The van der Waals surface area contributed by atoms with Crippen LogP contribution in [-0.2, 0) is 17.6 Å². The first-order valence-corrected chi connectivity index (χ1v) is 10.0. The summed E-state index contributed by atoms with van der Waals surface area (Å²) in [6.45, 7) is 8.17. The van der Waals surface area contributed by atoms with Gasteiger partial charge in [0.2, 0.25) is 5.91 Å². The molecule has 0 aliphatic heterocycles. The maximum absolute atomic E-state index is 12.6. The minimum absolute atomic E-state index is 0.0296. The van der Waals surface area contributed by atoms with Crippen molar-refractivity contribution in [3.05, 3.63) is 70.5 Å². The van der Waals surface area contributed by atoms with Crippen molar-refractivity contribution >= 4 is 11.6 Å². The molecular weight excluding hydrogens is 362 g/mol. The molecule has 0 unspecified atom stereocenters. The molecule has 152 valence electrons. The van der Waals surface area contributed by atoms with Crippen molar-refractivity contribution in [2.24, 2.45) is 0 Å². The van der Waals surface area contributed by atoms with E-state index in [1.54, 1.807) is 7.11 Å². The molecule has 3 rings (SSSR count). The number of benzene rings is 2. The number of carbonyl (C=O) groups excluding carboxylic acids is 1. The number of ether oxygens (including phenoxy) is 1. The summed E-state index contributed by atoms with van der Waals surface area (Å²) in [4.78, 5) is 12.6. The molecular formula is C24H29N3O2. The monoisotopic (exact) mass is 391 g/mol. The lowest BCUT2D eigenvalue weighted by atomic mass is 10.0. The van der Waals surface area contributed by atoms with E-state index in [0.717, 1.165) is 51.6 Å². The molecule has 0 saturated carbocycles. The number of carbonyl (C=O) groups is 1. The number of hydrogen-bond acceptors (Lipinski definition) is 3. The Kier molecular flexibility index (Phi) is 6.37. The van der Waals surface area contributed by atoms with Crippen molar-refractivity contribution in [1.82, 2.24) is 9.78 Å². The first-order valence-electron chi connectivity index (χ1n) is 10.0. The topological polar surface area (TPSA) is 56.2 Å². The van der Waals surface area contributed by atoms with E-state index < -0.39 is 0 Å². The SMILES string of the molecule is CCc1cccc(C)c1NC(=O)CCc1c(C)nn(-c2cccc(OC)c2)c1C. The second-order valence-corrected chi connectivity index (χ2v) is 7.27. The van der Waals surface area contributed by atoms with Crippen molar-refractivity contribution in [1.29, 1.82) is 0 Å². The van der Waals surface area contributed by atoms with Crippen LogP contribution in [0.1, 0.15) is 41.4 Å². The fraction of sp³-hybridized carbons (Fsp3) is 0.333. The van der Waals surface area contributed by atoms with Gasteiger partial charge in [-0.25, -0.2) is 4.68 Å². The Hall–Kier alpha value is -3.08. The van der Waals surface area contributed by atoms with E-state index in [0.29, 0.717) is 12.8 Å². The maximum Gasteiger partial charge on any atom is 0.224 e. The Bertz CT molecular complexity index is 1020. The molecule has 0 radical (unpaired) electrons. The maximum atomic E-state index is 12.6. The second kappa shape index (κ2) is 8.95. The Labute approximate surface area is 172 Å². The second-order valence-electron chi connectivity index (χ2n) is 7.27. The van der Waals surface area contributed by atoms with Gasteiger partial charge in [-0.15, -0.1) is 0 Å². The van der Waals surface area contributed by atoms with Gasteiger partial charge < -0.3 is 10.1 Å². The molecule has 1 heterocycles. The lowest BCUT2D eigenvalue weighted by molar-refractivity contribution is -0.116. The number of para-hydroxylation sites is 1. The summed E-state index contributed by atoms with van der Waals surface area (Å²) in [5.74, 6) is 0.822. The first kappa shape index (κ1) is 20.6. The van der Waals surface area contributed by atoms with Crippen molar-refractivity contribution in [3.8, 4) is 11.4 Å². The summed E-state index contributed by atoms with van der Waals surface area (Å²) in [5.41, 5.74) is 7.27. The lowest BCUT2D eigenvalue weighted by Gasteiger charge is -2.13. The molecule has 5 heteroatoms. The van der Waals surface area contributed by atoms with E-state index in [9.17, 15) is 4.79 Å². The normalized spacial score (nSPS) is 10.8. The summed E-state index contributed by atoms with van der Waals surface area (Å²) >= 11 is 0. The Morgan fingerprint density at radius 2 is 1.90 bits per heavy atom. The number of nitrogens with one attached hydrogen (secondary N) is 1. The zero-order chi connectivity index (χ0) is 21.0. The van der Waals surface area contributed by atoms with E-state index in [1.165, 1.54) is 0 Å². The van der Waals surface area contributed by atoms with E-state index in [4.69, 9.17) is 4.74 Å². The molecule has 1 aromatic heterocycles. The number of aryl methyl sites for hydroxylation is 3. The predicted octanol–water partition coefficient (Wildman–Crippen LogP) is 4.94. The fourth-order valence-corrected chi connectivity index (χ4v) is 3.67. The fourth-order valence-electron chi connectivity index (χ4n) is 3.67. The molecule has 0 spiro atoms. The molecule has 0 saturated heterocycles. The van der Waals surface area contributed by atoms with Crippen molar-refractivity contribution in [2.45, 2.75) is 47.0 Å². The predicted molar refractivity (Wildman–Crippen MR) is 117 cm³/mol. The highest BCUT2D eigenvalue weighted by Crippen LogP contribution is 2.24. The Balaban J connectivity index is 1.75. The number of aromatic nitrogens is 2. The van der Waals surface area contributed by atoms with E-state index >= 15 is 0 Å². The van der Waals surface area contributed by atoms with Crippen LogP contribution in [-0.4, -0.2) is 22.8 Å². The van der Waals surface area contributed by atoms with E-state index in [1.807, 2.05) is 61.9 Å². The van der Waals surface area contributed by atoms with Gasteiger partial charge in [0, 0.05) is 23.9 Å². The van der Waals surface area contributed by atoms with Gasteiger partial charge in [0.15, 0.2) is 0 Å². The first-order chi connectivity index (χ1) is 13.9. The summed E-state index contributed by atoms with van der Waals surface area (Å²) in [6.07, 6.45) is 1.96. The molecule has 3 aromatic rings. The van der Waals surface area contributed by atoms with Crippen LogP contribution >= 0.6 is 0 Å². The van der Waals surface area contributed by atoms with Crippen molar-refractivity contribution in [2.75, 3.05) is 12.4 Å². The molecule has 1 amide bonds. The smallest absolute Gasteiger partial charge is 0.224 e. The summed E-state index contributed by atoms with van der Waals surface area (Å²) < 4.78 is 7.24. The number of amides is 1. The molecule has 0 atom stereocenters. The molecule has 29 heavy (non-hydrogen) atoms. The number of hydrogen-bond donors (Lipinski definition) is 1. The third kappa shape index (κ3) is 4.50. The molecule has 5 nitrogen and oxygen atoms in total. The minimum atomic E-state index is 0.0296. The average Bonchev–Trinajstić information content (AvgIpc) is 3.01. The summed E-state index contributed by atoms with van der Waals surface area (Å²) in [5, 5.41) is 7.80. The Morgan fingerprint density at radius 3 is 2.62 bits per heavy atom. The zero-order valence-electron chi connectivity index (χ0n) is 17.9. The van der Waals surface area contributed by atoms with Crippen LogP contribution in [0, 0.1) is 20.8 Å². The van der Waals surface area contributed by atoms with E-state index in [2.05, 4.69) is 23.4 Å². The lowest BCUT2D eigenvalue weighted by Crippen LogP contribution is -2.15. The highest BCUT2D eigenvalue weighted by molar-refractivity contribution is 5.92. The van der Waals surface area contributed by atoms with Gasteiger partial charge >= 0.3 is 0 Å². The van der Waals surface area contributed by atoms with Crippen LogP contribution < -0.4 is 10.1 Å². The highest BCUT2D eigenvalue weighted by Gasteiger charge is 2.15. The average molecular weight is 392 g/mol. The van der Waals surface area contributed by atoms with Gasteiger partial charge in [0.25, 0.3) is 0 Å². The van der Waals surface area contributed by atoms with Gasteiger partial charge in [0.05, 0.1) is 18.5 Å². The van der Waals surface area contributed by atoms with Crippen LogP contribution in [0.2, 0.25) is 0 Å². The van der Waals surface area contributed by atoms with Crippen LogP contribution in [0.5, 0.6) is 5.75 Å². The summed E-state index contributed by atoms with van der Waals surface area (Å²) in [6, 6.07) is 13.9. The van der Waals surface area contributed by atoms with Gasteiger partial charge in [-0.2, -0.15) is 5.10 Å². The van der Waals surface area contributed by atoms with Crippen LogP contribution in [0.15, 0.2) is 42.5 Å². The molecule has 0 aliphatic carbocycles. The van der Waals surface area contributed by atoms with Gasteiger partial charge in [-0.1, -0.05) is 31.2 Å². The van der Waals surface area contributed by atoms with Gasteiger partial charge in [0.1, 0.15) is 5.75 Å². The zero-order valence-corrected chi connectivity index (χ0v) is 17.9. The van der Waals surface area contributed by atoms with Gasteiger partial charge in [-0.05, 0) is 62.4 Å². The quantitative estimate of drug-likeness (QED) is 0.621. The van der Waals surface area contributed by atoms with Crippen LogP contribution in [0.3, 0.4) is 0 Å². The largest absolute Gasteiger partial charge is 0.497 e. The molecule has 0 aliphatic rings. The van der Waals surface area contributed by atoms with Crippen LogP contribution in [0.25, 0.3) is 5.69 Å². The van der Waals surface area contributed by atoms with Crippen molar-refractivity contribution < 1.29 is 9.53 Å². The number of methoxy groups -OCH3 is 1. The van der Waals surface area contributed by atoms with Gasteiger partial charge in [-0.3, -0.25) is 4.79 Å². The van der Waals surface area contributed by atoms with Crippen LogP contribution in [0.4, 0.5) is 5.69 Å². The third-order valence-corrected chi connectivity index (χ3v) is 5.35. The molecule has 2 aromatic carbocycles. The number of anilines is 1. The third-order valence-electron chi connectivity index (χ3n) is 5.35. The number of nitrogens with zero attached hydrogens (tertiary/aromatic N) is 2. The highest BCUT2D eigenvalue weighted by atomic mass is 16.5. The molecule has 1 N–H and O–H groups in total. The molecule has 0 fully saturated rings.